The molecule has 110 valence electrons. The summed E-state index contributed by atoms with van der Waals surface area (Å²) < 4.78 is 24.8. The number of benzene rings is 1. The van der Waals surface area contributed by atoms with Crippen LogP contribution in [-0.2, 0) is 16.4 Å². The first-order chi connectivity index (χ1) is 9.98. The van der Waals surface area contributed by atoms with Crippen LogP contribution in [0.1, 0.15) is 17.3 Å². The number of nitrogens with one attached hydrogen (secondary N) is 1. The molecule has 6 heteroatoms. The lowest BCUT2D eigenvalue weighted by molar-refractivity contribution is 0.0948. The van der Waals surface area contributed by atoms with Crippen LogP contribution in [0.4, 0.5) is 0 Å². The number of amides is 1. The molecule has 1 unspecified atom stereocenters. The molecule has 0 aliphatic carbocycles. The number of hydrogen-bond acceptors (Lipinski definition) is 3. The zero-order valence-corrected chi connectivity index (χ0v) is 12.4. The molecule has 0 radical (unpaired) electrons. The molecule has 1 N–H and O–H groups in total. The highest BCUT2D eigenvalue weighted by Gasteiger charge is 2.23. The molecule has 21 heavy (non-hydrogen) atoms. The lowest BCUT2D eigenvalue weighted by Gasteiger charge is -2.10. The van der Waals surface area contributed by atoms with Gasteiger partial charge in [0.2, 0.25) is 0 Å². The number of aromatic nitrogens is 1. The van der Waals surface area contributed by atoms with Gasteiger partial charge in [0.05, 0.1) is 11.8 Å². The molecule has 3 rings (SSSR count). The van der Waals surface area contributed by atoms with Gasteiger partial charge in [0.25, 0.3) is 5.91 Å². The van der Waals surface area contributed by atoms with Gasteiger partial charge in [0.15, 0.2) is 9.84 Å². The molecule has 0 bridgehead atoms. The maximum absolute atomic E-state index is 12.2. The maximum Gasteiger partial charge on any atom is 0.251 e. The van der Waals surface area contributed by atoms with Crippen molar-refractivity contribution in [1.82, 2.24) is 9.88 Å². The van der Waals surface area contributed by atoms with Crippen LogP contribution in [0.2, 0.25) is 0 Å². The van der Waals surface area contributed by atoms with E-state index in [1.54, 1.807) is 6.07 Å². The number of carbonyl (C=O) groups is 1. The Labute approximate surface area is 123 Å². The standard InChI is InChI=1S/C15H16N2O3S/c1-2-17-7-5-11-9-12(3-4-14(11)17)15(18)16-13-6-8-21(19,20)10-13/h3-9,13H,2,10H2,1H3,(H,16,18). The van der Waals surface area contributed by atoms with Crippen LogP contribution in [0.5, 0.6) is 0 Å². The van der Waals surface area contributed by atoms with Crippen LogP contribution in [0.15, 0.2) is 41.9 Å². The summed E-state index contributed by atoms with van der Waals surface area (Å²) in [5.74, 6) is -0.319. The van der Waals surface area contributed by atoms with E-state index in [9.17, 15) is 13.2 Å². The van der Waals surface area contributed by atoms with Crippen LogP contribution in [-0.4, -0.2) is 30.7 Å². The Hall–Kier alpha value is -2.08. The predicted molar refractivity (Wildman–Crippen MR) is 81.8 cm³/mol. The average molecular weight is 304 g/mol. The Morgan fingerprint density at radius 2 is 2.19 bits per heavy atom. The van der Waals surface area contributed by atoms with Gasteiger partial charge in [-0.05, 0) is 37.3 Å². The van der Waals surface area contributed by atoms with Gasteiger partial charge in [0, 0.05) is 34.6 Å². The van der Waals surface area contributed by atoms with E-state index in [4.69, 9.17) is 0 Å². The van der Waals surface area contributed by atoms with Crippen molar-refractivity contribution in [3.8, 4) is 0 Å². The van der Waals surface area contributed by atoms with E-state index < -0.39 is 15.9 Å². The maximum atomic E-state index is 12.2. The van der Waals surface area contributed by atoms with Gasteiger partial charge < -0.3 is 9.88 Å². The molecule has 1 aromatic carbocycles. The van der Waals surface area contributed by atoms with E-state index >= 15 is 0 Å². The number of aryl methyl sites for hydroxylation is 1. The Kier molecular flexibility index (Phi) is 3.33. The van der Waals surface area contributed by atoms with E-state index in [0.717, 1.165) is 22.9 Å². The van der Waals surface area contributed by atoms with Crippen LogP contribution >= 0.6 is 0 Å². The highest BCUT2D eigenvalue weighted by Crippen LogP contribution is 2.18. The number of hydrogen-bond donors (Lipinski definition) is 1. The number of sulfone groups is 1. The zero-order chi connectivity index (χ0) is 15.0. The summed E-state index contributed by atoms with van der Waals surface area (Å²) in [7, 11) is -3.16. The van der Waals surface area contributed by atoms with Crippen molar-refractivity contribution < 1.29 is 13.2 Å². The molecule has 0 saturated carbocycles. The van der Waals surface area contributed by atoms with Gasteiger partial charge >= 0.3 is 0 Å². The van der Waals surface area contributed by atoms with Gasteiger partial charge in [-0.15, -0.1) is 0 Å². The Balaban J connectivity index is 1.80. The molecule has 5 nitrogen and oxygen atoms in total. The largest absolute Gasteiger partial charge is 0.348 e. The first kappa shape index (κ1) is 13.9. The van der Waals surface area contributed by atoms with Crippen molar-refractivity contribution in [3.63, 3.8) is 0 Å². The normalized spacial score (nSPS) is 20.0. The number of rotatable bonds is 3. The van der Waals surface area contributed by atoms with Crippen molar-refractivity contribution in [2.75, 3.05) is 5.75 Å². The summed E-state index contributed by atoms with van der Waals surface area (Å²) in [4.78, 5) is 12.2. The highest BCUT2D eigenvalue weighted by atomic mass is 32.2. The molecule has 1 atom stereocenters. The highest BCUT2D eigenvalue weighted by molar-refractivity contribution is 7.94. The molecule has 0 saturated heterocycles. The minimum atomic E-state index is -3.16. The molecule has 1 aliphatic heterocycles. The molecular weight excluding hydrogens is 288 g/mol. The molecule has 1 aromatic heterocycles. The van der Waals surface area contributed by atoms with Crippen molar-refractivity contribution >= 4 is 26.6 Å². The van der Waals surface area contributed by atoms with Gasteiger partial charge in [-0.3, -0.25) is 4.79 Å². The van der Waals surface area contributed by atoms with Crippen molar-refractivity contribution in [2.24, 2.45) is 0 Å². The number of nitrogens with zero attached hydrogens (tertiary/aromatic N) is 1. The molecule has 0 spiro atoms. The quantitative estimate of drug-likeness (QED) is 0.938. The summed E-state index contributed by atoms with van der Waals surface area (Å²) in [5.41, 5.74) is 1.62. The van der Waals surface area contributed by atoms with Crippen molar-refractivity contribution in [1.29, 1.82) is 0 Å². The summed E-state index contributed by atoms with van der Waals surface area (Å²) >= 11 is 0. The van der Waals surface area contributed by atoms with E-state index in [-0.39, 0.29) is 11.7 Å². The summed E-state index contributed by atoms with van der Waals surface area (Å²) in [6, 6.07) is 7.02. The molecule has 1 amide bonds. The zero-order valence-electron chi connectivity index (χ0n) is 11.6. The van der Waals surface area contributed by atoms with Gasteiger partial charge in [-0.1, -0.05) is 0 Å². The topological polar surface area (TPSA) is 68.2 Å². The van der Waals surface area contributed by atoms with Gasteiger partial charge in [-0.25, -0.2) is 8.42 Å². The minimum Gasteiger partial charge on any atom is -0.348 e. The van der Waals surface area contributed by atoms with Gasteiger partial charge in [0.1, 0.15) is 0 Å². The predicted octanol–water partition coefficient (Wildman–Crippen LogP) is 1.70. The smallest absolute Gasteiger partial charge is 0.251 e. The third kappa shape index (κ3) is 2.71. The monoisotopic (exact) mass is 304 g/mol. The molecule has 0 fully saturated rings. The fourth-order valence-electron chi connectivity index (χ4n) is 2.53. The third-order valence-corrected chi connectivity index (χ3v) is 5.02. The molecule has 1 aliphatic rings. The first-order valence-electron chi connectivity index (χ1n) is 6.79. The van der Waals surface area contributed by atoms with Gasteiger partial charge in [-0.2, -0.15) is 0 Å². The first-order valence-corrected chi connectivity index (χ1v) is 8.51. The summed E-state index contributed by atoms with van der Waals surface area (Å²) in [5, 5.41) is 4.88. The minimum absolute atomic E-state index is 0.0623. The third-order valence-electron chi connectivity index (χ3n) is 3.62. The summed E-state index contributed by atoms with van der Waals surface area (Å²) in [6.07, 6.45) is 3.50. The van der Waals surface area contributed by atoms with Crippen molar-refractivity contribution in [2.45, 2.75) is 19.5 Å². The fraction of sp³-hybridized carbons (Fsp3) is 0.267. The number of fused-ring (bicyclic) bond motifs is 1. The van der Waals surface area contributed by atoms with Crippen LogP contribution in [0.3, 0.4) is 0 Å². The average Bonchev–Trinajstić information content (AvgIpc) is 3.00. The lowest BCUT2D eigenvalue weighted by Crippen LogP contribution is -2.35. The lowest BCUT2D eigenvalue weighted by atomic mass is 10.1. The van der Waals surface area contributed by atoms with E-state index in [0.29, 0.717) is 5.56 Å². The molecular formula is C15H16N2O3S. The van der Waals surface area contributed by atoms with Crippen LogP contribution in [0.25, 0.3) is 10.9 Å². The second-order valence-electron chi connectivity index (χ2n) is 5.11. The fourth-order valence-corrected chi connectivity index (χ4v) is 3.77. The van der Waals surface area contributed by atoms with Crippen LogP contribution in [0, 0.1) is 0 Å². The Bertz CT molecular complexity index is 834. The van der Waals surface area contributed by atoms with E-state index in [1.165, 1.54) is 6.08 Å². The van der Waals surface area contributed by atoms with Crippen molar-refractivity contribution in [3.05, 3.63) is 47.5 Å². The second-order valence-corrected chi connectivity index (χ2v) is 7.04. The SMILES string of the molecule is CCn1ccc2cc(C(=O)NC3C=CS(=O)(=O)C3)ccc21. The van der Waals surface area contributed by atoms with E-state index in [1.807, 2.05) is 24.4 Å². The Morgan fingerprint density at radius 1 is 1.38 bits per heavy atom. The number of carbonyl (C=O) groups excluding carboxylic acids is 1. The Morgan fingerprint density at radius 3 is 2.86 bits per heavy atom. The summed E-state index contributed by atoms with van der Waals surface area (Å²) in [6.45, 7) is 2.94. The van der Waals surface area contributed by atoms with E-state index in [2.05, 4.69) is 16.8 Å². The second kappa shape index (κ2) is 5.04. The molecule has 2 heterocycles. The molecule has 2 aromatic rings. The van der Waals surface area contributed by atoms with Crippen LogP contribution < -0.4 is 5.32 Å².